The molecule has 1 rings (SSSR count). The minimum absolute atomic E-state index is 0.00401. The second kappa shape index (κ2) is 9.40. The summed E-state index contributed by atoms with van der Waals surface area (Å²) < 4.78 is 1.72. The molecule has 0 aliphatic carbocycles. The van der Waals surface area contributed by atoms with Crippen LogP contribution < -0.4 is 16.4 Å². The fraction of sp³-hybridized carbons (Fsp3) is 0.750. The number of aliphatic hydroxyl groups is 1. The molecule has 8 heteroatoms. The van der Waals surface area contributed by atoms with Crippen LogP contribution in [0.25, 0.3) is 0 Å². The van der Waals surface area contributed by atoms with Crippen molar-refractivity contribution in [2.45, 2.75) is 39.0 Å². The maximum atomic E-state index is 11.5. The van der Waals surface area contributed by atoms with Gasteiger partial charge in [0.05, 0.1) is 11.8 Å². The number of nitrogens with zero attached hydrogens (tertiary/aromatic N) is 3. The van der Waals surface area contributed by atoms with Crippen LogP contribution in [0.4, 0.5) is 0 Å². The van der Waals surface area contributed by atoms with Crippen molar-refractivity contribution in [3.8, 4) is 0 Å². The van der Waals surface area contributed by atoms with Crippen molar-refractivity contribution in [3.63, 3.8) is 0 Å². The fourth-order valence-corrected chi connectivity index (χ4v) is 1.61. The van der Waals surface area contributed by atoms with Crippen LogP contribution in [0.3, 0.4) is 0 Å². The van der Waals surface area contributed by atoms with E-state index in [0.717, 1.165) is 12.1 Å². The number of amides is 1. The number of hydrogen-bond acceptors (Lipinski definition) is 6. The molecule has 1 aromatic rings. The number of aromatic nitrogens is 3. The third-order valence-corrected chi connectivity index (χ3v) is 2.65. The molecule has 0 fully saturated rings. The van der Waals surface area contributed by atoms with Gasteiger partial charge < -0.3 is 21.5 Å². The molecular weight excluding hydrogens is 260 g/mol. The molecule has 1 atom stereocenters. The van der Waals surface area contributed by atoms with Gasteiger partial charge in [-0.05, 0) is 13.3 Å². The summed E-state index contributed by atoms with van der Waals surface area (Å²) in [5.74, 6) is 0.00401. The molecule has 0 saturated carbocycles. The van der Waals surface area contributed by atoms with E-state index in [-0.39, 0.29) is 12.0 Å². The SMILES string of the molecule is CC(O)CNCCC(=O)NCCCn1cc(CN)nn1. The van der Waals surface area contributed by atoms with Crippen LogP contribution in [0.15, 0.2) is 6.20 Å². The number of nitrogens with one attached hydrogen (secondary N) is 2. The van der Waals surface area contributed by atoms with Crippen molar-refractivity contribution in [1.82, 2.24) is 25.6 Å². The Morgan fingerprint density at radius 1 is 1.55 bits per heavy atom. The molecule has 0 aliphatic heterocycles. The summed E-state index contributed by atoms with van der Waals surface area (Å²) in [6.07, 6.45) is 2.62. The first kappa shape index (κ1) is 16.5. The van der Waals surface area contributed by atoms with Crippen molar-refractivity contribution >= 4 is 5.91 Å². The van der Waals surface area contributed by atoms with E-state index in [4.69, 9.17) is 10.8 Å². The fourth-order valence-electron chi connectivity index (χ4n) is 1.61. The predicted molar refractivity (Wildman–Crippen MR) is 74.7 cm³/mol. The van der Waals surface area contributed by atoms with Gasteiger partial charge in [0.2, 0.25) is 5.91 Å². The first-order chi connectivity index (χ1) is 9.61. The van der Waals surface area contributed by atoms with E-state index in [1.54, 1.807) is 11.6 Å². The molecule has 0 spiro atoms. The molecular formula is C12H24N6O2. The lowest BCUT2D eigenvalue weighted by Gasteiger charge is -2.07. The van der Waals surface area contributed by atoms with Crippen LogP contribution in [-0.4, -0.2) is 51.7 Å². The number of aryl methyl sites for hydroxylation is 1. The molecule has 20 heavy (non-hydrogen) atoms. The third kappa shape index (κ3) is 7.17. The maximum absolute atomic E-state index is 11.5. The van der Waals surface area contributed by atoms with Gasteiger partial charge in [-0.3, -0.25) is 9.48 Å². The van der Waals surface area contributed by atoms with Crippen molar-refractivity contribution in [2.24, 2.45) is 5.73 Å². The highest BCUT2D eigenvalue weighted by Gasteiger charge is 2.02. The van der Waals surface area contributed by atoms with Crippen LogP contribution in [0, 0.1) is 0 Å². The molecule has 1 aromatic heterocycles. The zero-order chi connectivity index (χ0) is 14.8. The molecule has 0 radical (unpaired) electrons. The second-order valence-electron chi connectivity index (χ2n) is 4.68. The standard InChI is InChI=1S/C12H24N6O2/c1-10(19)8-14-5-3-12(20)15-4-2-6-18-9-11(7-13)16-17-18/h9-10,14,19H,2-8,13H2,1H3,(H,15,20). The highest BCUT2D eigenvalue weighted by atomic mass is 16.3. The summed E-state index contributed by atoms with van der Waals surface area (Å²) in [5, 5.41) is 22.7. The van der Waals surface area contributed by atoms with Crippen LogP contribution >= 0.6 is 0 Å². The number of nitrogens with two attached hydrogens (primary N) is 1. The molecule has 114 valence electrons. The summed E-state index contributed by atoms with van der Waals surface area (Å²) >= 11 is 0. The van der Waals surface area contributed by atoms with Crippen molar-refractivity contribution in [1.29, 1.82) is 0 Å². The van der Waals surface area contributed by atoms with Gasteiger partial charge in [0.15, 0.2) is 0 Å². The van der Waals surface area contributed by atoms with E-state index in [2.05, 4.69) is 20.9 Å². The van der Waals surface area contributed by atoms with Gasteiger partial charge in [-0.1, -0.05) is 5.21 Å². The van der Waals surface area contributed by atoms with Gasteiger partial charge in [-0.25, -0.2) is 0 Å². The number of hydrogen-bond donors (Lipinski definition) is 4. The Labute approximate surface area is 118 Å². The normalized spacial score (nSPS) is 12.3. The van der Waals surface area contributed by atoms with Gasteiger partial charge in [0.1, 0.15) is 0 Å². The summed E-state index contributed by atoms with van der Waals surface area (Å²) in [5.41, 5.74) is 6.20. The van der Waals surface area contributed by atoms with E-state index < -0.39 is 0 Å². The number of carbonyl (C=O) groups excluding carboxylic acids is 1. The van der Waals surface area contributed by atoms with Crippen LogP contribution in [0.5, 0.6) is 0 Å². The average molecular weight is 284 g/mol. The largest absolute Gasteiger partial charge is 0.392 e. The topological polar surface area (TPSA) is 118 Å². The molecule has 1 heterocycles. The Morgan fingerprint density at radius 3 is 3.00 bits per heavy atom. The van der Waals surface area contributed by atoms with E-state index in [9.17, 15) is 4.79 Å². The lowest BCUT2D eigenvalue weighted by atomic mass is 10.3. The number of rotatable bonds is 10. The molecule has 0 saturated heterocycles. The van der Waals surface area contributed by atoms with E-state index in [0.29, 0.717) is 39.1 Å². The third-order valence-electron chi connectivity index (χ3n) is 2.65. The van der Waals surface area contributed by atoms with Crippen LogP contribution in [0.1, 0.15) is 25.5 Å². The molecule has 5 N–H and O–H groups in total. The number of aliphatic hydroxyl groups excluding tert-OH is 1. The van der Waals surface area contributed by atoms with Crippen molar-refractivity contribution < 1.29 is 9.90 Å². The first-order valence-electron chi connectivity index (χ1n) is 6.86. The van der Waals surface area contributed by atoms with Gasteiger partial charge in [0.25, 0.3) is 0 Å². The smallest absolute Gasteiger partial charge is 0.221 e. The Morgan fingerprint density at radius 2 is 2.35 bits per heavy atom. The maximum Gasteiger partial charge on any atom is 0.221 e. The number of carbonyl (C=O) groups is 1. The monoisotopic (exact) mass is 284 g/mol. The van der Waals surface area contributed by atoms with E-state index >= 15 is 0 Å². The van der Waals surface area contributed by atoms with Gasteiger partial charge in [-0.15, -0.1) is 5.10 Å². The van der Waals surface area contributed by atoms with E-state index in [1.165, 1.54) is 0 Å². The second-order valence-corrected chi connectivity index (χ2v) is 4.68. The van der Waals surface area contributed by atoms with Crippen molar-refractivity contribution in [2.75, 3.05) is 19.6 Å². The zero-order valence-corrected chi connectivity index (χ0v) is 11.9. The molecule has 8 nitrogen and oxygen atoms in total. The molecule has 0 aromatic carbocycles. The van der Waals surface area contributed by atoms with Gasteiger partial charge in [0, 0.05) is 45.3 Å². The Kier molecular flexibility index (Phi) is 7.78. The predicted octanol–water partition coefficient (Wildman–Crippen LogP) is -1.40. The van der Waals surface area contributed by atoms with Gasteiger partial charge in [-0.2, -0.15) is 0 Å². The minimum atomic E-state index is -0.390. The summed E-state index contributed by atoms with van der Waals surface area (Å²) in [6.45, 7) is 4.47. The molecule has 0 bridgehead atoms. The highest BCUT2D eigenvalue weighted by Crippen LogP contribution is 1.92. The first-order valence-corrected chi connectivity index (χ1v) is 6.86. The summed E-state index contributed by atoms with van der Waals surface area (Å²) in [4.78, 5) is 11.5. The molecule has 1 amide bonds. The van der Waals surface area contributed by atoms with Crippen LogP contribution in [0.2, 0.25) is 0 Å². The van der Waals surface area contributed by atoms with E-state index in [1.807, 2.05) is 6.20 Å². The lowest BCUT2D eigenvalue weighted by Crippen LogP contribution is -2.31. The Balaban J connectivity index is 2.01. The minimum Gasteiger partial charge on any atom is -0.392 e. The zero-order valence-electron chi connectivity index (χ0n) is 11.9. The van der Waals surface area contributed by atoms with Crippen LogP contribution in [-0.2, 0) is 17.9 Å². The quantitative estimate of drug-likeness (QED) is 0.393. The molecule has 0 aliphatic rings. The Bertz CT molecular complexity index is 393. The highest BCUT2D eigenvalue weighted by molar-refractivity contribution is 5.75. The summed E-state index contributed by atoms with van der Waals surface area (Å²) in [7, 11) is 0. The Hall–Kier alpha value is -1.51. The lowest BCUT2D eigenvalue weighted by molar-refractivity contribution is -0.121. The average Bonchev–Trinajstić information content (AvgIpc) is 2.87. The summed E-state index contributed by atoms with van der Waals surface area (Å²) in [6, 6.07) is 0. The van der Waals surface area contributed by atoms with Gasteiger partial charge >= 0.3 is 0 Å². The molecule has 1 unspecified atom stereocenters. The van der Waals surface area contributed by atoms with Crippen molar-refractivity contribution in [3.05, 3.63) is 11.9 Å².